The summed E-state index contributed by atoms with van der Waals surface area (Å²) in [6, 6.07) is 17.4. The predicted octanol–water partition coefficient (Wildman–Crippen LogP) is 6.55. The fourth-order valence-corrected chi connectivity index (χ4v) is 5.41. The minimum absolute atomic E-state index is 0.248. The monoisotopic (exact) mass is 530 g/mol. The molecule has 0 bridgehead atoms. The van der Waals surface area contributed by atoms with Crippen LogP contribution in [0.1, 0.15) is 54.1 Å². The van der Waals surface area contributed by atoms with Crippen molar-refractivity contribution < 1.29 is 28.8 Å². The third kappa shape index (κ3) is 5.50. The molecule has 0 amide bonds. The molecule has 1 aliphatic carbocycles. The smallest absolute Gasteiger partial charge is 0.335 e. The van der Waals surface area contributed by atoms with E-state index in [1.54, 1.807) is 33.5 Å². The first kappa shape index (κ1) is 26.4. The first-order chi connectivity index (χ1) is 19.0. The second-order valence-corrected chi connectivity index (χ2v) is 9.76. The number of rotatable bonds is 10. The fraction of sp³-hybridized carbons (Fsp3) is 0.355. The highest BCUT2D eigenvalue weighted by Crippen LogP contribution is 2.39. The zero-order chi connectivity index (χ0) is 27.4. The maximum atomic E-state index is 11.5. The van der Waals surface area contributed by atoms with Crippen LogP contribution in [0.15, 0.2) is 54.6 Å². The van der Waals surface area contributed by atoms with Gasteiger partial charge < -0.3 is 28.6 Å². The lowest BCUT2D eigenvalue weighted by molar-refractivity contribution is 0.0697. The summed E-state index contributed by atoms with van der Waals surface area (Å²) in [5.74, 6) is 2.49. The highest BCUT2D eigenvalue weighted by atomic mass is 16.5. The molecule has 0 aliphatic heterocycles. The molecule has 1 aliphatic rings. The van der Waals surface area contributed by atoms with Crippen LogP contribution in [-0.4, -0.2) is 48.6 Å². The van der Waals surface area contributed by atoms with Crippen molar-refractivity contribution in [2.75, 3.05) is 27.9 Å². The van der Waals surface area contributed by atoms with Gasteiger partial charge in [0.15, 0.2) is 11.5 Å². The molecule has 4 aromatic rings. The van der Waals surface area contributed by atoms with E-state index in [-0.39, 0.29) is 5.56 Å². The number of aromatic nitrogens is 2. The SMILES string of the molecule is COc1cc(CCOc2ccc(-c3nc4cc(C(=O)O)ccc4n3C3CCCCC3)cc2)cc(OC)c1OC. The Morgan fingerprint density at radius 2 is 1.62 bits per heavy atom. The number of fused-ring (bicyclic) bond motifs is 1. The first-order valence-electron chi connectivity index (χ1n) is 13.3. The maximum Gasteiger partial charge on any atom is 0.335 e. The Balaban J connectivity index is 1.35. The Labute approximate surface area is 228 Å². The number of carboxylic acid groups (broad SMARTS) is 1. The van der Waals surface area contributed by atoms with Crippen LogP contribution in [0, 0.1) is 0 Å². The molecule has 1 aromatic heterocycles. The molecule has 0 saturated heterocycles. The number of carbonyl (C=O) groups is 1. The normalized spacial score (nSPS) is 13.8. The van der Waals surface area contributed by atoms with Crippen molar-refractivity contribution in [1.29, 1.82) is 0 Å². The summed E-state index contributed by atoms with van der Waals surface area (Å²) >= 11 is 0. The van der Waals surface area contributed by atoms with Crippen molar-refractivity contribution in [2.45, 2.75) is 44.6 Å². The summed E-state index contributed by atoms with van der Waals surface area (Å²) in [7, 11) is 4.80. The van der Waals surface area contributed by atoms with E-state index >= 15 is 0 Å². The Hall–Kier alpha value is -4.20. The Morgan fingerprint density at radius 1 is 0.923 bits per heavy atom. The predicted molar refractivity (Wildman–Crippen MR) is 150 cm³/mol. The van der Waals surface area contributed by atoms with E-state index in [2.05, 4.69) is 4.57 Å². The number of nitrogens with zero attached hydrogens (tertiary/aromatic N) is 2. The van der Waals surface area contributed by atoms with E-state index in [1.165, 1.54) is 19.3 Å². The van der Waals surface area contributed by atoms with Crippen molar-refractivity contribution in [3.63, 3.8) is 0 Å². The van der Waals surface area contributed by atoms with Crippen LogP contribution in [-0.2, 0) is 6.42 Å². The molecule has 0 atom stereocenters. The number of ether oxygens (including phenoxy) is 4. The van der Waals surface area contributed by atoms with Gasteiger partial charge in [-0.3, -0.25) is 0 Å². The molecule has 5 rings (SSSR count). The lowest BCUT2D eigenvalue weighted by Crippen LogP contribution is -2.14. The number of imidazole rings is 1. The van der Waals surface area contributed by atoms with E-state index in [4.69, 9.17) is 23.9 Å². The average molecular weight is 531 g/mol. The van der Waals surface area contributed by atoms with Gasteiger partial charge in [-0.05, 0) is 73.0 Å². The standard InChI is InChI=1S/C31H34N2O6/c1-36-27-17-20(18-28(37-2)29(27)38-3)15-16-39-24-12-9-21(10-13-24)30-32-25-19-22(31(34)35)11-14-26(25)33(30)23-7-5-4-6-8-23/h9-14,17-19,23H,4-8,15-16H2,1-3H3,(H,34,35). The molecule has 1 saturated carbocycles. The number of aromatic carboxylic acids is 1. The van der Waals surface area contributed by atoms with Gasteiger partial charge in [0.1, 0.15) is 11.6 Å². The van der Waals surface area contributed by atoms with Crippen LogP contribution < -0.4 is 18.9 Å². The molecule has 0 spiro atoms. The Kier molecular flexibility index (Phi) is 7.91. The van der Waals surface area contributed by atoms with Gasteiger partial charge in [0, 0.05) is 18.0 Å². The lowest BCUT2D eigenvalue weighted by Gasteiger charge is -2.25. The second kappa shape index (κ2) is 11.7. The molecular formula is C31H34N2O6. The van der Waals surface area contributed by atoms with Crippen LogP contribution in [0.4, 0.5) is 0 Å². The van der Waals surface area contributed by atoms with Crippen molar-refractivity contribution in [3.8, 4) is 34.4 Å². The summed E-state index contributed by atoms with van der Waals surface area (Å²) < 4.78 is 24.7. The summed E-state index contributed by atoms with van der Waals surface area (Å²) in [5, 5.41) is 9.47. The topological polar surface area (TPSA) is 92.0 Å². The zero-order valence-electron chi connectivity index (χ0n) is 22.6. The van der Waals surface area contributed by atoms with E-state index < -0.39 is 5.97 Å². The molecule has 204 valence electrons. The van der Waals surface area contributed by atoms with Crippen LogP contribution >= 0.6 is 0 Å². The average Bonchev–Trinajstić information content (AvgIpc) is 3.36. The second-order valence-electron chi connectivity index (χ2n) is 9.76. The third-order valence-corrected chi connectivity index (χ3v) is 7.37. The molecule has 3 aromatic carbocycles. The van der Waals surface area contributed by atoms with Gasteiger partial charge in [0.2, 0.25) is 5.75 Å². The molecule has 1 N–H and O–H groups in total. The number of hydrogen-bond donors (Lipinski definition) is 1. The van der Waals surface area contributed by atoms with Gasteiger partial charge in [-0.15, -0.1) is 0 Å². The van der Waals surface area contributed by atoms with E-state index in [0.29, 0.717) is 41.8 Å². The van der Waals surface area contributed by atoms with E-state index in [0.717, 1.165) is 41.1 Å². The highest BCUT2D eigenvalue weighted by molar-refractivity contribution is 5.93. The van der Waals surface area contributed by atoms with Gasteiger partial charge in [0.25, 0.3) is 0 Å². The fourth-order valence-electron chi connectivity index (χ4n) is 5.41. The molecule has 8 heteroatoms. The molecule has 8 nitrogen and oxygen atoms in total. The summed E-state index contributed by atoms with van der Waals surface area (Å²) in [4.78, 5) is 16.5. The minimum atomic E-state index is -0.946. The molecule has 0 radical (unpaired) electrons. The third-order valence-electron chi connectivity index (χ3n) is 7.37. The van der Waals surface area contributed by atoms with Crippen LogP contribution in [0.2, 0.25) is 0 Å². The van der Waals surface area contributed by atoms with E-state index in [1.807, 2.05) is 42.5 Å². The molecular weight excluding hydrogens is 496 g/mol. The molecule has 1 heterocycles. The maximum absolute atomic E-state index is 11.5. The highest BCUT2D eigenvalue weighted by Gasteiger charge is 2.23. The van der Waals surface area contributed by atoms with Crippen LogP contribution in [0.5, 0.6) is 23.0 Å². The first-order valence-corrected chi connectivity index (χ1v) is 13.3. The molecule has 0 unspecified atom stereocenters. The molecule has 39 heavy (non-hydrogen) atoms. The number of methoxy groups -OCH3 is 3. The van der Waals surface area contributed by atoms with Crippen LogP contribution in [0.3, 0.4) is 0 Å². The largest absolute Gasteiger partial charge is 0.493 e. The Bertz CT molecular complexity index is 1430. The summed E-state index contributed by atoms with van der Waals surface area (Å²) in [6.07, 6.45) is 6.50. The van der Waals surface area contributed by atoms with E-state index in [9.17, 15) is 9.90 Å². The van der Waals surface area contributed by atoms with Gasteiger partial charge in [-0.2, -0.15) is 0 Å². The van der Waals surface area contributed by atoms with Gasteiger partial charge >= 0.3 is 5.97 Å². The van der Waals surface area contributed by atoms with Gasteiger partial charge in [0.05, 0.1) is 44.5 Å². The summed E-state index contributed by atoms with van der Waals surface area (Å²) in [6.45, 7) is 0.483. The van der Waals surface area contributed by atoms with Crippen LogP contribution in [0.25, 0.3) is 22.4 Å². The molecule has 1 fully saturated rings. The number of benzene rings is 3. The van der Waals surface area contributed by atoms with Gasteiger partial charge in [-0.25, -0.2) is 9.78 Å². The van der Waals surface area contributed by atoms with Crippen molar-refractivity contribution in [1.82, 2.24) is 9.55 Å². The summed E-state index contributed by atoms with van der Waals surface area (Å²) in [5.41, 5.74) is 3.93. The van der Waals surface area contributed by atoms with Crippen molar-refractivity contribution in [3.05, 3.63) is 65.7 Å². The quantitative estimate of drug-likeness (QED) is 0.248. The van der Waals surface area contributed by atoms with Gasteiger partial charge in [-0.1, -0.05) is 19.3 Å². The minimum Gasteiger partial charge on any atom is -0.493 e. The van der Waals surface area contributed by atoms with Crippen molar-refractivity contribution in [2.24, 2.45) is 0 Å². The number of hydrogen-bond acceptors (Lipinski definition) is 6. The Morgan fingerprint density at radius 3 is 2.23 bits per heavy atom. The lowest BCUT2D eigenvalue weighted by atomic mass is 9.95. The van der Waals surface area contributed by atoms with Crippen molar-refractivity contribution >= 4 is 17.0 Å². The number of carboxylic acids is 1. The zero-order valence-corrected chi connectivity index (χ0v) is 22.6.